The number of nitrogens with two attached hydrogens (primary N) is 1. The molecule has 4 heteroatoms. The van der Waals surface area contributed by atoms with Crippen LogP contribution in [0.25, 0.3) is 0 Å². The Kier molecular flexibility index (Phi) is 3.31. The molecule has 1 aromatic heterocycles. The first kappa shape index (κ1) is 11.2. The zero-order valence-corrected chi connectivity index (χ0v) is 9.85. The van der Waals surface area contributed by atoms with E-state index in [4.69, 9.17) is 5.73 Å². The van der Waals surface area contributed by atoms with Crippen LogP contribution in [0, 0.1) is 12.7 Å². The van der Waals surface area contributed by atoms with E-state index in [1.165, 1.54) is 6.07 Å². The van der Waals surface area contributed by atoms with Crippen molar-refractivity contribution in [2.45, 2.75) is 19.9 Å². The first-order valence-corrected chi connectivity index (χ1v) is 5.91. The molecule has 84 valence electrons. The van der Waals surface area contributed by atoms with Gasteiger partial charge < -0.3 is 5.73 Å². The van der Waals surface area contributed by atoms with Crippen LogP contribution in [-0.2, 0) is 13.0 Å². The van der Waals surface area contributed by atoms with Gasteiger partial charge in [0.2, 0.25) is 0 Å². The average molecular weight is 236 g/mol. The van der Waals surface area contributed by atoms with Crippen molar-refractivity contribution in [2.75, 3.05) is 0 Å². The summed E-state index contributed by atoms with van der Waals surface area (Å²) in [5.41, 5.74) is 7.19. The van der Waals surface area contributed by atoms with E-state index in [2.05, 4.69) is 4.98 Å². The van der Waals surface area contributed by atoms with Crippen molar-refractivity contribution >= 4 is 11.3 Å². The number of thiazole rings is 1. The lowest BCUT2D eigenvalue weighted by Gasteiger charge is -2.00. The molecule has 2 nitrogen and oxygen atoms in total. The van der Waals surface area contributed by atoms with Gasteiger partial charge in [0.25, 0.3) is 0 Å². The molecule has 0 unspecified atom stereocenters. The highest BCUT2D eigenvalue weighted by molar-refractivity contribution is 7.11. The quantitative estimate of drug-likeness (QED) is 0.889. The van der Waals surface area contributed by atoms with Gasteiger partial charge in [-0.1, -0.05) is 18.2 Å². The van der Waals surface area contributed by atoms with E-state index in [0.29, 0.717) is 18.5 Å². The average Bonchev–Trinajstić information content (AvgIpc) is 2.63. The molecule has 0 aliphatic rings. The summed E-state index contributed by atoms with van der Waals surface area (Å²) in [6, 6.07) is 6.83. The third-order valence-corrected chi connectivity index (χ3v) is 3.60. The Labute approximate surface area is 97.9 Å². The fourth-order valence-corrected chi connectivity index (χ4v) is 2.53. The first-order chi connectivity index (χ1) is 7.70. The van der Waals surface area contributed by atoms with Crippen molar-refractivity contribution in [1.29, 1.82) is 0 Å². The van der Waals surface area contributed by atoms with Gasteiger partial charge in [-0.2, -0.15) is 0 Å². The van der Waals surface area contributed by atoms with Crippen LogP contribution < -0.4 is 5.73 Å². The van der Waals surface area contributed by atoms with Gasteiger partial charge in [0, 0.05) is 17.8 Å². The zero-order valence-electron chi connectivity index (χ0n) is 9.03. The fraction of sp³-hybridized carbons (Fsp3) is 0.250. The minimum atomic E-state index is -0.162. The summed E-state index contributed by atoms with van der Waals surface area (Å²) in [5, 5.41) is 0.906. The first-order valence-electron chi connectivity index (χ1n) is 5.09. The molecule has 16 heavy (non-hydrogen) atoms. The van der Waals surface area contributed by atoms with Crippen LogP contribution in [0.5, 0.6) is 0 Å². The highest BCUT2D eigenvalue weighted by Crippen LogP contribution is 2.22. The van der Waals surface area contributed by atoms with Crippen LogP contribution in [0.3, 0.4) is 0 Å². The summed E-state index contributed by atoms with van der Waals surface area (Å²) < 4.78 is 13.5. The van der Waals surface area contributed by atoms with Crippen LogP contribution in [0.2, 0.25) is 0 Å². The molecular weight excluding hydrogens is 223 g/mol. The highest BCUT2D eigenvalue weighted by Gasteiger charge is 2.09. The maximum Gasteiger partial charge on any atom is 0.126 e. The summed E-state index contributed by atoms with van der Waals surface area (Å²) in [4.78, 5) is 5.41. The molecule has 0 radical (unpaired) electrons. The Morgan fingerprint density at radius 1 is 1.38 bits per heavy atom. The molecule has 1 heterocycles. The minimum Gasteiger partial charge on any atom is -0.325 e. The molecule has 0 bridgehead atoms. The normalized spacial score (nSPS) is 10.7. The molecule has 2 rings (SSSR count). The molecule has 1 aromatic carbocycles. The van der Waals surface area contributed by atoms with Gasteiger partial charge >= 0.3 is 0 Å². The summed E-state index contributed by atoms with van der Waals surface area (Å²) in [6.45, 7) is 2.38. The Morgan fingerprint density at radius 3 is 2.75 bits per heavy atom. The van der Waals surface area contributed by atoms with Gasteiger partial charge in [-0.05, 0) is 18.6 Å². The second-order valence-corrected chi connectivity index (χ2v) is 4.76. The summed E-state index contributed by atoms with van der Waals surface area (Å²) in [5.74, 6) is -0.162. The number of hydrogen-bond acceptors (Lipinski definition) is 3. The van der Waals surface area contributed by atoms with E-state index in [1.54, 1.807) is 23.5 Å². The number of aromatic nitrogens is 1. The van der Waals surface area contributed by atoms with E-state index in [0.717, 1.165) is 15.6 Å². The topological polar surface area (TPSA) is 38.9 Å². The second-order valence-electron chi connectivity index (χ2n) is 3.59. The second kappa shape index (κ2) is 4.72. The van der Waals surface area contributed by atoms with E-state index in [1.807, 2.05) is 13.0 Å². The third kappa shape index (κ3) is 2.28. The van der Waals surface area contributed by atoms with Crippen LogP contribution in [0.4, 0.5) is 4.39 Å². The Hall–Kier alpha value is -1.26. The molecule has 0 atom stereocenters. The van der Waals surface area contributed by atoms with Gasteiger partial charge in [0.1, 0.15) is 10.8 Å². The van der Waals surface area contributed by atoms with E-state index < -0.39 is 0 Å². The molecule has 0 fully saturated rings. The maximum atomic E-state index is 13.5. The lowest BCUT2D eigenvalue weighted by atomic mass is 10.1. The zero-order chi connectivity index (χ0) is 11.5. The minimum absolute atomic E-state index is 0.162. The fourth-order valence-electron chi connectivity index (χ4n) is 1.55. The van der Waals surface area contributed by atoms with Crippen molar-refractivity contribution in [1.82, 2.24) is 4.98 Å². The molecule has 0 saturated heterocycles. The standard InChI is InChI=1S/C12H13FN2S/c1-8-11(16-12(7-14)15-8)6-9-4-2-3-5-10(9)13/h2-5H,6-7,14H2,1H3. The van der Waals surface area contributed by atoms with Gasteiger partial charge in [-0.3, -0.25) is 0 Å². The van der Waals surface area contributed by atoms with Crippen LogP contribution in [-0.4, -0.2) is 4.98 Å². The lowest BCUT2D eigenvalue weighted by molar-refractivity contribution is 0.614. The van der Waals surface area contributed by atoms with Crippen molar-refractivity contribution in [3.63, 3.8) is 0 Å². The van der Waals surface area contributed by atoms with E-state index in [9.17, 15) is 4.39 Å². The lowest BCUT2D eigenvalue weighted by Crippen LogP contribution is -1.94. The number of halogens is 1. The van der Waals surface area contributed by atoms with E-state index >= 15 is 0 Å². The molecule has 2 aromatic rings. The largest absolute Gasteiger partial charge is 0.325 e. The Bertz CT molecular complexity index is 494. The monoisotopic (exact) mass is 236 g/mol. The van der Waals surface area contributed by atoms with Gasteiger partial charge in [0.15, 0.2) is 0 Å². The summed E-state index contributed by atoms with van der Waals surface area (Å²) in [6.07, 6.45) is 0.593. The molecule has 0 aliphatic heterocycles. The smallest absolute Gasteiger partial charge is 0.126 e. The highest BCUT2D eigenvalue weighted by atomic mass is 32.1. The molecule has 0 aliphatic carbocycles. The predicted molar refractivity (Wildman–Crippen MR) is 63.9 cm³/mol. The molecular formula is C12H13FN2S. The van der Waals surface area contributed by atoms with Crippen molar-refractivity contribution in [2.24, 2.45) is 5.73 Å². The van der Waals surface area contributed by atoms with E-state index in [-0.39, 0.29) is 5.82 Å². The summed E-state index contributed by atoms with van der Waals surface area (Å²) >= 11 is 1.56. The Balaban J connectivity index is 2.27. The number of nitrogens with zero attached hydrogens (tertiary/aromatic N) is 1. The number of aryl methyl sites for hydroxylation is 1. The maximum absolute atomic E-state index is 13.5. The number of hydrogen-bond donors (Lipinski definition) is 1. The number of rotatable bonds is 3. The number of benzene rings is 1. The van der Waals surface area contributed by atoms with Crippen LogP contribution in [0.1, 0.15) is 21.1 Å². The van der Waals surface area contributed by atoms with Gasteiger partial charge in [0.05, 0.1) is 5.69 Å². The van der Waals surface area contributed by atoms with Crippen LogP contribution in [0.15, 0.2) is 24.3 Å². The Morgan fingerprint density at radius 2 is 2.12 bits per heavy atom. The summed E-state index contributed by atoms with van der Waals surface area (Å²) in [7, 11) is 0. The van der Waals surface area contributed by atoms with Gasteiger partial charge in [-0.15, -0.1) is 11.3 Å². The van der Waals surface area contributed by atoms with Crippen LogP contribution >= 0.6 is 11.3 Å². The molecule has 0 amide bonds. The van der Waals surface area contributed by atoms with Gasteiger partial charge in [-0.25, -0.2) is 9.37 Å². The predicted octanol–water partition coefficient (Wildman–Crippen LogP) is 2.64. The SMILES string of the molecule is Cc1nc(CN)sc1Cc1ccccc1F. The van der Waals surface area contributed by atoms with Crippen molar-refractivity contribution in [3.05, 3.63) is 51.2 Å². The molecule has 0 spiro atoms. The third-order valence-electron chi connectivity index (χ3n) is 2.42. The van der Waals surface area contributed by atoms with Crippen molar-refractivity contribution < 1.29 is 4.39 Å². The molecule has 2 N–H and O–H groups in total. The van der Waals surface area contributed by atoms with Crippen molar-refractivity contribution in [3.8, 4) is 0 Å². The molecule has 0 saturated carbocycles.